The summed E-state index contributed by atoms with van der Waals surface area (Å²) in [4.78, 5) is 0. The molecule has 4 N–H and O–H groups in total. The van der Waals surface area contributed by atoms with Crippen molar-refractivity contribution in [3.05, 3.63) is 71.8 Å². The Labute approximate surface area is 113 Å². The van der Waals surface area contributed by atoms with Crippen LogP contribution in [-0.4, -0.2) is 5.11 Å². The summed E-state index contributed by atoms with van der Waals surface area (Å²) >= 11 is 4.09. The number of benzene rings is 2. The molecular weight excluding hydrogens is 240 g/mol. The van der Waals surface area contributed by atoms with E-state index in [1.54, 1.807) is 0 Å². The largest absolute Gasteiger partial charge is 0.377 e. The number of thiocarbonyl (C=S) groups is 1. The molecule has 0 amide bonds. The molecule has 0 aliphatic rings. The van der Waals surface area contributed by atoms with E-state index in [1.165, 1.54) is 11.1 Å². The van der Waals surface area contributed by atoms with Crippen LogP contribution < -0.4 is 11.5 Å². The Bertz CT molecular complexity index is 447. The van der Waals surface area contributed by atoms with Gasteiger partial charge in [0, 0.05) is 0 Å². The van der Waals surface area contributed by atoms with E-state index in [1.807, 2.05) is 36.4 Å². The fourth-order valence-electron chi connectivity index (χ4n) is 1.32. The fourth-order valence-corrected chi connectivity index (χ4v) is 1.32. The second-order valence-electron chi connectivity index (χ2n) is 3.56. The minimum atomic E-state index is 0.000000000000000222. The second kappa shape index (κ2) is 8.03. The maximum Gasteiger partial charge on any atom is 0.160 e. The molecule has 0 aromatic heterocycles. The van der Waals surface area contributed by atoms with Crippen LogP contribution in [0.2, 0.25) is 0 Å². The lowest BCUT2D eigenvalue weighted by molar-refractivity contribution is 1.65. The summed E-state index contributed by atoms with van der Waals surface area (Å²) in [5.74, 6) is 0. The first-order valence-electron chi connectivity index (χ1n) is 5.51. The number of nitrogens with two attached hydrogens (primary N) is 2. The number of hydrogen-bond acceptors (Lipinski definition) is 1. The zero-order chi connectivity index (χ0) is 13.2. The zero-order valence-electron chi connectivity index (χ0n) is 9.99. The smallest absolute Gasteiger partial charge is 0.160 e. The molecule has 0 saturated heterocycles. The van der Waals surface area contributed by atoms with Crippen LogP contribution in [-0.2, 0) is 0 Å². The molecule has 0 aliphatic carbocycles. The van der Waals surface area contributed by atoms with Crippen LogP contribution in [0.5, 0.6) is 0 Å². The van der Waals surface area contributed by atoms with E-state index in [4.69, 9.17) is 0 Å². The lowest BCUT2D eigenvalue weighted by Crippen LogP contribution is -2.18. The molecule has 2 aromatic carbocycles. The lowest BCUT2D eigenvalue weighted by atomic mass is 10.1. The van der Waals surface area contributed by atoms with E-state index in [9.17, 15) is 0 Å². The van der Waals surface area contributed by atoms with Crippen LogP contribution in [0.3, 0.4) is 0 Å². The van der Waals surface area contributed by atoms with Crippen LogP contribution in [0.15, 0.2) is 60.7 Å². The molecule has 0 radical (unpaired) electrons. The minimum Gasteiger partial charge on any atom is -0.377 e. The molecule has 2 aromatic rings. The Balaban J connectivity index is 0.000000357. The molecule has 18 heavy (non-hydrogen) atoms. The van der Waals surface area contributed by atoms with Gasteiger partial charge < -0.3 is 11.5 Å². The summed E-state index contributed by atoms with van der Waals surface area (Å²) < 4.78 is 0. The van der Waals surface area contributed by atoms with Gasteiger partial charge in [0.15, 0.2) is 5.11 Å². The molecule has 2 nitrogen and oxygen atoms in total. The van der Waals surface area contributed by atoms with Gasteiger partial charge in [-0.25, -0.2) is 0 Å². The Hall–Kier alpha value is -2.13. The number of rotatable bonds is 2. The lowest BCUT2D eigenvalue weighted by Gasteiger charge is -1.92. The molecule has 0 aliphatic heterocycles. The molecule has 0 fully saturated rings. The van der Waals surface area contributed by atoms with Crippen molar-refractivity contribution < 1.29 is 0 Å². The summed E-state index contributed by atoms with van der Waals surface area (Å²) in [6.45, 7) is 0. The van der Waals surface area contributed by atoms with Crippen LogP contribution in [0.25, 0.3) is 12.2 Å². The Morgan fingerprint density at radius 2 is 1.00 bits per heavy atom. The van der Waals surface area contributed by atoms with Gasteiger partial charge in [0.1, 0.15) is 0 Å². The van der Waals surface area contributed by atoms with Crippen molar-refractivity contribution in [3.8, 4) is 0 Å². The number of hydrogen-bond donors (Lipinski definition) is 2. The third-order valence-electron chi connectivity index (χ3n) is 2.07. The molecule has 0 saturated carbocycles. The molecule has 92 valence electrons. The maximum absolute atomic E-state index is 4.62. The van der Waals surface area contributed by atoms with Crippen molar-refractivity contribution in [3.63, 3.8) is 0 Å². The normalized spacial score (nSPS) is 9.56. The van der Waals surface area contributed by atoms with Crippen LogP contribution >= 0.6 is 12.2 Å². The third kappa shape index (κ3) is 6.45. The maximum atomic E-state index is 4.62. The Morgan fingerprint density at radius 1 is 0.722 bits per heavy atom. The van der Waals surface area contributed by atoms with E-state index < -0.39 is 0 Å². The molecule has 0 unspecified atom stereocenters. The third-order valence-corrected chi connectivity index (χ3v) is 2.07. The summed E-state index contributed by atoms with van der Waals surface area (Å²) in [7, 11) is 0. The van der Waals surface area contributed by atoms with E-state index in [0.717, 1.165) is 0 Å². The fraction of sp³-hybridized carbons (Fsp3) is 0. The molecule has 0 heterocycles. The van der Waals surface area contributed by atoms with Gasteiger partial charge in [-0.2, -0.15) is 0 Å². The first-order chi connectivity index (χ1) is 8.68. The molecule has 0 spiro atoms. The van der Waals surface area contributed by atoms with E-state index in [-0.39, 0.29) is 5.11 Å². The Morgan fingerprint density at radius 3 is 1.28 bits per heavy atom. The van der Waals surface area contributed by atoms with Crippen molar-refractivity contribution in [2.45, 2.75) is 0 Å². The van der Waals surface area contributed by atoms with Gasteiger partial charge >= 0.3 is 0 Å². The summed E-state index contributed by atoms with van der Waals surface area (Å²) in [5, 5.41) is 0.000000000000000222. The van der Waals surface area contributed by atoms with Crippen LogP contribution in [0.4, 0.5) is 0 Å². The topological polar surface area (TPSA) is 52.0 Å². The van der Waals surface area contributed by atoms with Crippen LogP contribution in [0.1, 0.15) is 11.1 Å². The summed E-state index contributed by atoms with van der Waals surface area (Å²) in [6.07, 6.45) is 4.24. The first kappa shape index (κ1) is 13.9. The van der Waals surface area contributed by atoms with E-state index in [2.05, 4.69) is 60.1 Å². The molecule has 2 rings (SSSR count). The molecular formula is C15H16N2S. The SMILES string of the molecule is C(=Cc1ccccc1)c1ccccc1.NC(N)=S. The molecule has 3 heteroatoms. The summed E-state index contributed by atoms with van der Waals surface area (Å²) in [6, 6.07) is 20.6. The van der Waals surface area contributed by atoms with Crippen molar-refractivity contribution in [2.75, 3.05) is 0 Å². The average molecular weight is 256 g/mol. The van der Waals surface area contributed by atoms with E-state index >= 15 is 0 Å². The van der Waals surface area contributed by atoms with Gasteiger partial charge in [-0.15, -0.1) is 0 Å². The van der Waals surface area contributed by atoms with Gasteiger partial charge in [0.2, 0.25) is 0 Å². The van der Waals surface area contributed by atoms with Gasteiger partial charge in [-0.3, -0.25) is 0 Å². The summed E-state index contributed by atoms with van der Waals surface area (Å²) in [5.41, 5.74) is 11.7. The van der Waals surface area contributed by atoms with Crippen molar-refractivity contribution in [1.29, 1.82) is 0 Å². The standard InChI is InChI=1S/C14H12.CH4N2S/c1-3-7-13(8-4-1)11-12-14-9-5-2-6-10-14;2-1(3)4/h1-12H;(H4,2,3,4). The second-order valence-corrected chi connectivity index (χ2v) is 4.03. The highest BCUT2D eigenvalue weighted by Gasteiger charge is 1.84. The van der Waals surface area contributed by atoms with Crippen LogP contribution in [0, 0.1) is 0 Å². The predicted molar refractivity (Wildman–Crippen MR) is 82.8 cm³/mol. The monoisotopic (exact) mass is 256 g/mol. The minimum absolute atomic E-state index is 0.000000000000000222. The predicted octanol–water partition coefficient (Wildman–Crippen LogP) is 3.05. The highest BCUT2D eigenvalue weighted by molar-refractivity contribution is 7.80. The van der Waals surface area contributed by atoms with Crippen molar-refractivity contribution in [2.24, 2.45) is 11.5 Å². The van der Waals surface area contributed by atoms with E-state index in [0.29, 0.717) is 0 Å². The highest BCUT2D eigenvalue weighted by atomic mass is 32.1. The van der Waals surface area contributed by atoms with Gasteiger partial charge in [0.25, 0.3) is 0 Å². The van der Waals surface area contributed by atoms with Crippen molar-refractivity contribution >= 4 is 29.5 Å². The van der Waals surface area contributed by atoms with Gasteiger partial charge in [-0.1, -0.05) is 72.8 Å². The van der Waals surface area contributed by atoms with Gasteiger partial charge in [0.05, 0.1) is 0 Å². The zero-order valence-corrected chi connectivity index (χ0v) is 10.8. The Kier molecular flexibility index (Phi) is 6.22. The quantitative estimate of drug-likeness (QED) is 0.641. The van der Waals surface area contributed by atoms with Gasteiger partial charge in [-0.05, 0) is 23.3 Å². The molecule has 0 atom stereocenters. The average Bonchev–Trinajstić information content (AvgIpc) is 2.38. The first-order valence-corrected chi connectivity index (χ1v) is 5.92. The molecule has 0 bridgehead atoms. The highest BCUT2D eigenvalue weighted by Crippen LogP contribution is 2.06. The van der Waals surface area contributed by atoms with Crippen molar-refractivity contribution in [1.82, 2.24) is 0 Å².